The van der Waals surface area contributed by atoms with Crippen molar-refractivity contribution in [3.05, 3.63) is 57.1 Å². The fourth-order valence-corrected chi connectivity index (χ4v) is 1.99. The molecule has 0 radical (unpaired) electrons. The van der Waals surface area contributed by atoms with Crippen LogP contribution in [0.1, 0.15) is 37.0 Å². The van der Waals surface area contributed by atoms with Crippen LogP contribution in [-0.2, 0) is 5.41 Å². The molecule has 2 aromatic rings. The van der Waals surface area contributed by atoms with Crippen LogP contribution in [0, 0.1) is 10.1 Å². The largest absolute Gasteiger partial charge is 0.319 e. The lowest BCUT2D eigenvalue weighted by atomic mass is 9.96. The van der Waals surface area contributed by atoms with E-state index < -0.39 is 10.8 Å². The van der Waals surface area contributed by atoms with Crippen LogP contribution in [0.15, 0.2) is 30.6 Å². The Morgan fingerprint density at radius 3 is 2.39 bits per heavy atom. The molecule has 0 unspecified atom stereocenters. The van der Waals surface area contributed by atoms with E-state index >= 15 is 0 Å². The molecule has 0 saturated heterocycles. The molecule has 0 atom stereocenters. The molecule has 0 saturated carbocycles. The summed E-state index contributed by atoms with van der Waals surface area (Å²) in [5.74, 6) is 0.00782. The maximum absolute atomic E-state index is 12.2. The molecule has 0 aliphatic carbocycles. The Morgan fingerprint density at radius 2 is 1.87 bits per heavy atom. The van der Waals surface area contributed by atoms with Crippen LogP contribution < -0.4 is 5.32 Å². The molecule has 8 heteroatoms. The predicted molar refractivity (Wildman–Crippen MR) is 86.8 cm³/mol. The summed E-state index contributed by atoms with van der Waals surface area (Å²) in [5.41, 5.74) is -0.300. The summed E-state index contributed by atoms with van der Waals surface area (Å²) >= 11 is 5.73. The maximum atomic E-state index is 12.2. The molecule has 0 aliphatic rings. The minimum Gasteiger partial charge on any atom is -0.319 e. The molecule has 120 valence electrons. The Bertz CT molecular complexity index is 754. The molecule has 0 aliphatic heterocycles. The number of nitrogens with zero attached hydrogens (tertiary/aromatic N) is 3. The van der Waals surface area contributed by atoms with E-state index in [1.165, 1.54) is 24.5 Å². The Hall–Kier alpha value is -2.54. The first-order valence-electron chi connectivity index (χ1n) is 6.76. The molecule has 1 aromatic carbocycles. The first-order chi connectivity index (χ1) is 10.7. The lowest BCUT2D eigenvalue weighted by molar-refractivity contribution is -0.385. The van der Waals surface area contributed by atoms with Crippen molar-refractivity contribution in [1.82, 2.24) is 9.97 Å². The van der Waals surface area contributed by atoms with E-state index in [1.54, 1.807) is 0 Å². The van der Waals surface area contributed by atoms with Gasteiger partial charge in [0.25, 0.3) is 11.6 Å². The molecule has 0 spiro atoms. The van der Waals surface area contributed by atoms with E-state index in [0.29, 0.717) is 11.5 Å². The highest BCUT2D eigenvalue weighted by atomic mass is 35.5. The van der Waals surface area contributed by atoms with Crippen molar-refractivity contribution in [3.63, 3.8) is 0 Å². The Balaban J connectivity index is 2.24. The minimum atomic E-state index is -0.653. The normalized spacial score (nSPS) is 11.1. The molecular weight excluding hydrogens is 320 g/mol. The summed E-state index contributed by atoms with van der Waals surface area (Å²) in [6.45, 7) is 5.91. The second kappa shape index (κ2) is 6.29. The van der Waals surface area contributed by atoms with Gasteiger partial charge in [0.15, 0.2) is 0 Å². The molecule has 2 rings (SSSR count). The van der Waals surface area contributed by atoms with Crippen molar-refractivity contribution >= 4 is 28.9 Å². The fourth-order valence-electron chi connectivity index (χ4n) is 1.83. The summed E-state index contributed by atoms with van der Waals surface area (Å²) in [4.78, 5) is 31.0. The SMILES string of the molecule is CC(C)(C)c1ncc(NC(=O)c2ccc(Cl)cc2[N+](=O)[O-])cn1. The Kier molecular flexibility index (Phi) is 4.60. The number of hydrogen-bond donors (Lipinski definition) is 1. The van der Waals surface area contributed by atoms with Crippen molar-refractivity contribution in [2.75, 3.05) is 5.32 Å². The number of nitrogens with one attached hydrogen (secondary N) is 1. The van der Waals surface area contributed by atoms with Gasteiger partial charge in [0.2, 0.25) is 0 Å². The lowest BCUT2D eigenvalue weighted by Crippen LogP contribution is -2.18. The number of nitro groups is 1. The topological polar surface area (TPSA) is 98.0 Å². The van der Waals surface area contributed by atoms with Gasteiger partial charge in [-0.05, 0) is 12.1 Å². The van der Waals surface area contributed by atoms with Crippen molar-refractivity contribution in [1.29, 1.82) is 0 Å². The van der Waals surface area contributed by atoms with Gasteiger partial charge in [-0.15, -0.1) is 0 Å². The standard InChI is InChI=1S/C15H15ClN4O3/c1-15(2,3)14-17-7-10(8-18-14)19-13(21)11-5-4-9(16)6-12(11)20(22)23/h4-8H,1-3H3,(H,19,21). The number of halogens is 1. The lowest BCUT2D eigenvalue weighted by Gasteiger charge is -2.16. The van der Waals surface area contributed by atoms with E-state index in [0.717, 1.165) is 6.07 Å². The van der Waals surface area contributed by atoms with E-state index in [9.17, 15) is 14.9 Å². The third-order valence-electron chi connectivity index (χ3n) is 2.98. The van der Waals surface area contributed by atoms with Gasteiger partial charge >= 0.3 is 0 Å². The van der Waals surface area contributed by atoms with Gasteiger partial charge in [0.1, 0.15) is 11.4 Å². The highest BCUT2D eigenvalue weighted by molar-refractivity contribution is 6.31. The second-order valence-corrected chi connectivity index (χ2v) is 6.35. The summed E-state index contributed by atoms with van der Waals surface area (Å²) < 4.78 is 0. The number of carbonyl (C=O) groups excluding carboxylic acids is 1. The maximum Gasteiger partial charge on any atom is 0.283 e. The summed E-state index contributed by atoms with van der Waals surface area (Å²) in [5, 5.41) is 13.8. The zero-order chi connectivity index (χ0) is 17.2. The Labute approximate surface area is 137 Å². The molecule has 1 amide bonds. The average molecular weight is 335 g/mol. The highest BCUT2D eigenvalue weighted by Crippen LogP contribution is 2.24. The van der Waals surface area contributed by atoms with Crippen molar-refractivity contribution in [2.45, 2.75) is 26.2 Å². The summed E-state index contributed by atoms with van der Waals surface area (Å²) in [6.07, 6.45) is 2.93. The Morgan fingerprint density at radius 1 is 1.26 bits per heavy atom. The molecule has 0 fully saturated rings. The third-order valence-corrected chi connectivity index (χ3v) is 3.22. The number of anilines is 1. The van der Waals surface area contributed by atoms with Crippen LogP contribution in [-0.4, -0.2) is 20.8 Å². The van der Waals surface area contributed by atoms with Gasteiger partial charge in [-0.3, -0.25) is 14.9 Å². The molecule has 1 N–H and O–H groups in total. The van der Waals surface area contributed by atoms with Crippen LogP contribution in [0.4, 0.5) is 11.4 Å². The van der Waals surface area contributed by atoms with E-state index in [4.69, 9.17) is 11.6 Å². The van der Waals surface area contributed by atoms with Gasteiger partial charge in [0, 0.05) is 16.5 Å². The van der Waals surface area contributed by atoms with E-state index in [1.807, 2.05) is 20.8 Å². The third kappa shape index (κ3) is 4.01. The van der Waals surface area contributed by atoms with E-state index in [2.05, 4.69) is 15.3 Å². The number of carbonyl (C=O) groups is 1. The van der Waals surface area contributed by atoms with Crippen molar-refractivity contribution in [2.24, 2.45) is 0 Å². The van der Waals surface area contributed by atoms with Gasteiger partial charge in [-0.25, -0.2) is 9.97 Å². The summed E-state index contributed by atoms with van der Waals surface area (Å²) in [6, 6.07) is 3.86. The van der Waals surface area contributed by atoms with Crippen LogP contribution in [0.3, 0.4) is 0 Å². The molecular formula is C15H15ClN4O3. The monoisotopic (exact) mass is 334 g/mol. The quantitative estimate of drug-likeness (QED) is 0.683. The number of nitro benzene ring substituents is 1. The van der Waals surface area contributed by atoms with Gasteiger partial charge < -0.3 is 5.32 Å². The zero-order valence-electron chi connectivity index (χ0n) is 12.8. The van der Waals surface area contributed by atoms with Gasteiger partial charge in [0.05, 0.1) is 23.0 Å². The number of benzene rings is 1. The second-order valence-electron chi connectivity index (χ2n) is 5.92. The van der Waals surface area contributed by atoms with Crippen LogP contribution in [0.5, 0.6) is 0 Å². The van der Waals surface area contributed by atoms with E-state index in [-0.39, 0.29) is 21.7 Å². The highest BCUT2D eigenvalue weighted by Gasteiger charge is 2.21. The predicted octanol–water partition coefficient (Wildman–Crippen LogP) is 3.59. The average Bonchev–Trinajstić information content (AvgIpc) is 2.46. The first-order valence-corrected chi connectivity index (χ1v) is 7.14. The molecule has 1 aromatic heterocycles. The van der Waals surface area contributed by atoms with Crippen LogP contribution >= 0.6 is 11.6 Å². The molecule has 1 heterocycles. The van der Waals surface area contributed by atoms with Crippen LogP contribution in [0.2, 0.25) is 5.02 Å². The van der Waals surface area contributed by atoms with Crippen molar-refractivity contribution in [3.8, 4) is 0 Å². The van der Waals surface area contributed by atoms with Gasteiger partial charge in [-0.1, -0.05) is 32.4 Å². The molecule has 7 nitrogen and oxygen atoms in total. The van der Waals surface area contributed by atoms with Crippen molar-refractivity contribution < 1.29 is 9.72 Å². The first kappa shape index (κ1) is 16.8. The molecule has 23 heavy (non-hydrogen) atoms. The smallest absolute Gasteiger partial charge is 0.283 e. The number of rotatable bonds is 3. The molecule has 0 bridgehead atoms. The van der Waals surface area contributed by atoms with Gasteiger partial charge in [-0.2, -0.15) is 0 Å². The van der Waals surface area contributed by atoms with Crippen LogP contribution in [0.25, 0.3) is 0 Å². The number of aromatic nitrogens is 2. The number of hydrogen-bond acceptors (Lipinski definition) is 5. The summed E-state index contributed by atoms with van der Waals surface area (Å²) in [7, 11) is 0. The zero-order valence-corrected chi connectivity index (χ0v) is 13.6. The number of amides is 1. The minimum absolute atomic E-state index is 0.0840. The fraction of sp³-hybridized carbons (Fsp3) is 0.267.